The zero-order valence-corrected chi connectivity index (χ0v) is 13.0. The van der Waals surface area contributed by atoms with Gasteiger partial charge in [0.05, 0.1) is 6.33 Å². The lowest BCUT2D eigenvalue weighted by Gasteiger charge is -2.34. The summed E-state index contributed by atoms with van der Waals surface area (Å²) in [7, 11) is -1.73. The van der Waals surface area contributed by atoms with Crippen molar-refractivity contribution in [3.8, 4) is 0 Å². The van der Waals surface area contributed by atoms with Gasteiger partial charge in [-0.05, 0) is 32.1 Å². The van der Waals surface area contributed by atoms with E-state index in [4.69, 9.17) is 5.73 Å². The van der Waals surface area contributed by atoms with Crippen LogP contribution in [0.15, 0.2) is 17.6 Å². The molecule has 0 atom stereocenters. The summed E-state index contributed by atoms with van der Waals surface area (Å²) >= 11 is 0. The van der Waals surface area contributed by atoms with Gasteiger partial charge in [0.25, 0.3) is 10.0 Å². The monoisotopic (exact) mass is 300 g/mol. The zero-order valence-electron chi connectivity index (χ0n) is 12.2. The molecule has 0 unspecified atom stereocenters. The van der Waals surface area contributed by atoms with Crippen molar-refractivity contribution in [3.05, 3.63) is 12.5 Å². The number of nitrogens with two attached hydrogens (primary N) is 1. The summed E-state index contributed by atoms with van der Waals surface area (Å²) in [6.45, 7) is 2.54. The van der Waals surface area contributed by atoms with Crippen molar-refractivity contribution >= 4 is 10.0 Å². The number of sulfonamides is 1. The number of hydrogen-bond acceptors (Lipinski definition) is 4. The predicted octanol–water partition coefficient (Wildman–Crippen LogP) is 1.09. The first-order valence-corrected chi connectivity index (χ1v) is 8.64. The summed E-state index contributed by atoms with van der Waals surface area (Å²) in [5.74, 6) is 0. The van der Waals surface area contributed by atoms with E-state index in [2.05, 4.69) is 4.98 Å². The second-order valence-electron chi connectivity index (χ2n) is 5.56. The molecule has 20 heavy (non-hydrogen) atoms. The molecule has 1 heterocycles. The molecule has 1 fully saturated rings. The second-order valence-corrected chi connectivity index (χ2v) is 7.40. The fourth-order valence-electron chi connectivity index (χ4n) is 2.75. The van der Waals surface area contributed by atoms with Gasteiger partial charge in [-0.25, -0.2) is 13.4 Å². The van der Waals surface area contributed by atoms with Crippen molar-refractivity contribution in [3.63, 3.8) is 0 Å². The molecule has 1 aliphatic rings. The molecule has 0 saturated heterocycles. The largest absolute Gasteiger partial charge is 0.339 e. The topological polar surface area (TPSA) is 81.2 Å². The maximum Gasteiger partial charge on any atom is 0.262 e. The van der Waals surface area contributed by atoms with E-state index in [1.807, 2.05) is 6.92 Å². The molecule has 2 N–H and O–H groups in total. The standard InChI is InChI=1S/C13H24N4O2S/c1-3-8-17(12-6-4-11(14)5-7-12)20(18,19)13-9-16(2)10-15-13/h9-12H,3-8,14H2,1-2H3. The molecule has 1 aliphatic carbocycles. The highest BCUT2D eigenvalue weighted by Gasteiger charge is 2.34. The molecule has 0 aliphatic heterocycles. The molecule has 0 radical (unpaired) electrons. The SMILES string of the molecule is CCCN(C1CCC(N)CC1)S(=O)(=O)c1cn(C)cn1. The van der Waals surface area contributed by atoms with Gasteiger partial charge >= 0.3 is 0 Å². The molecule has 2 rings (SSSR count). The normalized spacial score (nSPS) is 24.2. The third-order valence-electron chi connectivity index (χ3n) is 3.85. The van der Waals surface area contributed by atoms with Crippen molar-refractivity contribution in [2.75, 3.05) is 6.54 Å². The summed E-state index contributed by atoms with van der Waals surface area (Å²) in [6.07, 6.45) is 7.35. The first-order chi connectivity index (χ1) is 9.45. The highest BCUT2D eigenvalue weighted by molar-refractivity contribution is 7.89. The van der Waals surface area contributed by atoms with Crippen molar-refractivity contribution in [1.82, 2.24) is 13.9 Å². The van der Waals surface area contributed by atoms with E-state index in [1.54, 1.807) is 22.1 Å². The fourth-order valence-corrected chi connectivity index (χ4v) is 4.50. The Hall–Kier alpha value is -0.920. The Balaban J connectivity index is 2.23. The molecular weight excluding hydrogens is 276 g/mol. The van der Waals surface area contributed by atoms with Gasteiger partial charge in [0, 0.05) is 31.9 Å². The lowest BCUT2D eigenvalue weighted by Crippen LogP contribution is -2.44. The van der Waals surface area contributed by atoms with Crippen LogP contribution in [0.3, 0.4) is 0 Å². The average Bonchev–Trinajstić information content (AvgIpc) is 2.84. The first-order valence-electron chi connectivity index (χ1n) is 7.20. The third-order valence-corrected chi connectivity index (χ3v) is 5.68. The molecule has 0 bridgehead atoms. The number of rotatable bonds is 5. The Bertz CT molecular complexity index is 532. The van der Waals surface area contributed by atoms with Crippen molar-refractivity contribution < 1.29 is 8.42 Å². The van der Waals surface area contributed by atoms with Crippen LogP contribution in [0.4, 0.5) is 0 Å². The predicted molar refractivity (Wildman–Crippen MR) is 77.6 cm³/mol. The first kappa shape index (κ1) is 15.5. The van der Waals surface area contributed by atoms with Crippen LogP contribution in [0.25, 0.3) is 0 Å². The zero-order chi connectivity index (χ0) is 14.8. The average molecular weight is 300 g/mol. The molecule has 6 nitrogen and oxygen atoms in total. The lowest BCUT2D eigenvalue weighted by atomic mass is 9.92. The van der Waals surface area contributed by atoms with Gasteiger partial charge in [-0.15, -0.1) is 0 Å². The van der Waals surface area contributed by atoms with Gasteiger partial charge in [-0.1, -0.05) is 6.92 Å². The van der Waals surface area contributed by atoms with Crippen LogP contribution in [-0.4, -0.2) is 40.9 Å². The van der Waals surface area contributed by atoms with E-state index >= 15 is 0 Å². The van der Waals surface area contributed by atoms with Crippen molar-refractivity contribution in [2.45, 2.75) is 56.1 Å². The molecule has 0 aromatic carbocycles. The highest BCUT2D eigenvalue weighted by Crippen LogP contribution is 2.27. The minimum absolute atomic E-state index is 0.0572. The summed E-state index contributed by atoms with van der Waals surface area (Å²) < 4.78 is 28.8. The van der Waals surface area contributed by atoms with Crippen LogP contribution in [0.5, 0.6) is 0 Å². The van der Waals surface area contributed by atoms with Gasteiger partial charge in [-0.3, -0.25) is 0 Å². The quantitative estimate of drug-likeness (QED) is 0.882. The maximum absolute atomic E-state index is 12.7. The van der Waals surface area contributed by atoms with Crippen LogP contribution < -0.4 is 5.73 Å². The number of aromatic nitrogens is 2. The van der Waals surface area contributed by atoms with E-state index in [-0.39, 0.29) is 17.1 Å². The van der Waals surface area contributed by atoms with E-state index in [9.17, 15) is 8.42 Å². The third kappa shape index (κ3) is 3.21. The molecule has 0 amide bonds. The summed E-state index contributed by atoms with van der Waals surface area (Å²) in [4.78, 5) is 4.01. The van der Waals surface area contributed by atoms with E-state index < -0.39 is 10.0 Å². The van der Waals surface area contributed by atoms with Crippen LogP contribution >= 0.6 is 0 Å². The number of aryl methyl sites for hydroxylation is 1. The lowest BCUT2D eigenvalue weighted by molar-refractivity contribution is 0.240. The Morgan fingerprint density at radius 2 is 2.05 bits per heavy atom. The number of imidazole rings is 1. The Kier molecular flexibility index (Phi) is 4.82. The molecule has 1 saturated carbocycles. The van der Waals surface area contributed by atoms with Crippen molar-refractivity contribution in [2.24, 2.45) is 12.8 Å². The molecule has 1 aromatic rings. The summed E-state index contributed by atoms with van der Waals surface area (Å²) in [5, 5.41) is 0.142. The molecular formula is C13H24N4O2S. The molecule has 1 aromatic heterocycles. The Morgan fingerprint density at radius 3 is 2.55 bits per heavy atom. The minimum Gasteiger partial charge on any atom is -0.339 e. The van der Waals surface area contributed by atoms with Crippen molar-refractivity contribution in [1.29, 1.82) is 0 Å². The highest BCUT2D eigenvalue weighted by atomic mass is 32.2. The van der Waals surface area contributed by atoms with Gasteiger partial charge in [-0.2, -0.15) is 4.31 Å². The summed E-state index contributed by atoms with van der Waals surface area (Å²) in [5.41, 5.74) is 5.91. The number of hydrogen-bond donors (Lipinski definition) is 1. The summed E-state index contributed by atoms with van der Waals surface area (Å²) in [6, 6.07) is 0.272. The van der Waals surface area contributed by atoms with Gasteiger partial charge in [0.2, 0.25) is 0 Å². The van der Waals surface area contributed by atoms with Crippen LogP contribution in [0, 0.1) is 0 Å². The molecule has 0 spiro atoms. The minimum atomic E-state index is -3.50. The van der Waals surface area contributed by atoms with Gasteiger partial charge in [0.15, 0.2) is 5.03 Å². The molecule has 114 valence electrons. The number of nitrogens with zero attached hydrogens (tertiary/aromatic N) is 3. The van der Waals surface area contributed by atoms with Crippen LogP contribution in [-0.2, 0) is 17.1 Å². The van der Waals surface area contributed by atoms with E-state index in [0.717, 1.165) is 32.1 Å². The van der Waals surface area contributed by atoms with Crippen LogP contribution in [0.1, 0.15) is 39.0 Å². The van der Waals surface area contributed by atoms with Gasteiger partial charge in [0.1, 0.15) is 0 Å². The second kappa shape index (κ2) is 6.24. The van der Waals surface area contributed by atoms with E-state index in [1.165, 1.54) is 6.33 Å². The van der Waals surface area contributed by atoms with Gasteiger partial charge < -0.3 is 10.3 Å². The Morgan fingerprint density at radius 1 is 1.40 bits per heavy atom. The van der Waals surface area contributed by atoms with Crippen LogP contribution in [0.2, 0.25) is 0 Å². The smallest absolute Gasteiger partial charge is 0.262 e. The molecule has 7 heteroatoms. The fraction of sp³-hybridized carbons (Fsp3) is 0.769. The maximum atomic E-state index is 12.7. The van der Waals surface area contributed by atoms with E-state index in [0.29, 0.717) is 6.54 Å². The Labute approximate surface area is 121 Å².